The molecule has 0 bridgehead atoms. The minimum Gasteiger partial charge on any atom is -0.383 e. The van der Waals surface area contributed by atoms with E-state index in [0.717, 1.165) is 12.4 Å². The molecule has 1 rings (SSSR count). The van der Waals surface area contributed by atoms with Crippen LogP contribution in [0.15, 0.2) is 6.33 Å². The van der Waals surface area contributed by atoms with E-state index in [-0.39, 0.29) is 11.5 Å². The van der Waals surface area contributed by atoms with Gasteiger partial charge in [0.2, 0.25) is 0 Å². The summed E-state index contributed by atoms with van der Waals surface area (Å²) in [6.45, 7) is 4.22. The molecule has 0 aliphatic heterocycles. The topological polar surface area (TPSA) is 86.1 Å². The van der Waals surface area contributed by atoms with Gasteiger partial charge in [-0.15, -0.1) is 0 Å². The van der Waals surface area contributed by atoms with E-state index < -0.39 is 9.84 Å². The summed E-state index contributed by atoms with van der Waals surface area (Å²) in [6, 6.07) is 0. The van der Waals surface area contributed by atoms with Crippen LogP contribution >= 0.6 is 0 Å². The Morgan fingerprint density at radius 2 is 2.26 bits per heavy atom. The fourth-order valence-electron chi connectivity index (χ4n) is 1.56. The lowest BCUT2D eigenvalue weighted by Crippen LogP contribution is -2.22. The van der Waals surface area contributed by atoms with E-state index in [1.807, 2.05) is 0 Å². The molecule has 0 aliphatic carbocycles. The SMILES string of the molecule is CCS(=O)(=O)CCCn1ncnc1CNCCOC. The molecule has 7 nitrogen and oxygen atoms in total. The molecule has 0 saturated heterocycles. The zero-order chi connectivity index (χ0) is 14.1. The highest BCUT2D eigenvalue weighted by atomic mass is 32.2. The van der Waals surface area contributed by atoms with Gasteiger partial charge in [0.05, 0.1) is 18.9 Å². The van der Waals surface area contributed by atoms with Gasteiger partial charge in [-0.1, -0.05) is 6.92 Å². The normalized spacial score (nSPS) is 11.9. The highest BCUT2D eigenvalue weighted by molar-refractivity contribution is 7.91. The minimum absolute atomic E-state index is 0.190. The van der Waals surface area contributed by atoms with Crippen molar-refractivity contribution in [3.8, 4) is 0 Å². The summed E-state index contributed by atoms with van der Waals surface area (Å²) in [5, 5.41) is 7.28. The molecule has 0 unspecified atom stereocenters. The molecule has 8 heteroatoms. The maximum atomic E-state index is 11.4. The van der Waals surface area contributed by atoms with Crippen molar-refractivity contribution < 1.29 is 13.2 Å². The molecule has 0 radical (unpaired) electrons. The van der Waals surface area contributed by atoms with Gasteiger partial charge in [-0.3, -0.25) is 0 Å². The van der Waals surface area contributed by atoms with Crippen molar-refractivity contribution in [2.75, 3.05) is 31.8 Å². The number of rotatable bonds is 10. The number of sulfone groups is 1. The molecular formula is C11H22N4O3S. The fourth-order valence-corrected chi connectivity index (χ4v) is 2.42. The van der Waals surface area contributed by atoms with E-state index in [4.69, 9.17) is 4.74 Å². The highest BCUT2D eigenvalue weighted by Crippen LogP contribution is 1.99. The number of methoxy groups -OCH3 is 1. The Labute approximate surface area is 114 Å². The number of hydrogen-bond donors (Lipinski definition) is 1. The van der Waals surface area contributed by atoms with Crippen LogP contribution < -0.4 is 5.32 Å². The molecule has 110 valence electrons. The summed E-state index contributed by atoms with van der Waals surface area (Å²) in [5.74, 6) is 1.19. The molecule has 0 amide bonds. The van der Waals surface area contributed by atoms with Gasteiger partial charge in [0, 0.05) is 26.0 Å². The van der Waals surface area contributed by atoms with Gasteiger partial charge in [-0.05, 0) is 6.42 Å². The molecule has 0 saturated carbocycles. The third-order valence-corrected chi connectivity index (χ3v) is 4.52. The Morgan fingerprint density at radius 1 is 1.47 bits per heavy atom. The first-order valence-corrected chi connectivity index (χ1v) is 8.18. The first-order valence-electron chi connectivity index (χ1n) is 6.36. The van der Waals surface area contributed by atoms with Crippen LogP contribution in [0.25, 0.3) is 0 Å². The zero-order valence-electron chi connectivity index (χ0n) is 11.5. The van der Waals surface area contributed by atoms with Crippen LogP contribution in [0.1, 0.15) is 19.2 Å². The zero-order valence-corrected chi connectivity index (χ0v) is 12.3. The molecule has 0 fully saturated rings. The van der Waals surface area contributed by atoms with Crippen LogP contribution in [0.2, 0.25) is 0 Å². The van der Waals surface area contributed by atoms with Crippen LogP contribution in [-0.2, 0) is 27.7 Å². The number of nitrogens with one attached hydrogen (secondary N) is 1. The molecule has 0 atom stereocenters. The second kappa shape index (κ2) is 8.23. The predicted molar refractivity (Wildman–Crippen MR) is 72.5 cm³/mol. The summed E-state index contributed by atoms with van der Waals surface area (Å²) < 4.78 is 29.4. The van der Waals surface area contributed by atoms with E-state index in [2.05, 4.69) is 15.4 Å². The van der Waals surface area contributed by atoms with Crippen LogP contribution in [0.3, 0.4) is 0 Å². The van der Waals surface area contributed by atoms with Gasteiger partial charge < -0.3 is 10.1 Å². The minimum atomic E-state index is -2.90. The van der Waals surface area contributed by atoms with Crippen molar-refractivity contribution in [2.45, 2.75) is 26.4 Å². The monoisotopic (exact) mass is 290 g/mol. The summed E-state index contributed by atoms with van der Waals surface area (Å²) >= 11 is 0. The van der Waals surface area contributed by atoms with Crippen LogP contribution in [0.5, 0.6) is 0 Å². The second-order valence-corrected chi connectivity index (χ2v) is 6.63. The Morgan fingerprint density at radius 3 is 2.95 bits per heavy atom. The van der Waals surface area contributed by atoms with Crippen LogP contribution in [-0.4, -0.2) is 54.9 Å². The summed E-state index contributed by atoms with van der Waals surface area (Å²) in [5.41, 5.74) is 0. The number of aryl methyl sites for hydroxylation is 1. The van der Waals surface area contributed by atoms with Crippen molar-refractivity contribution in [1.82, 2.24) is 20.1 Å². The molecule has 1 aromatic rings. The highest BCUT2D eigenvalue weighted by Gasteiger charge is 2.09. The molecule has 0 aliphatic rings. The van der Waals surface area contributed by atoms with E-state index in [1.165, 1.54) is 6.33 Å². The number of aromatic nitrogens is 3. The van der Waals surface area contributed by atoms with E-state index >= 15 is 0 Å². The molecule has 0 aromatic carbocycles. The Hall–Kier alpha value is -0.990. The smallest absolute Gasteiger partial charge is 0.150 e. The van der Waals surface area contributed by atoms with Crippen molar-refractivity contribution in [3.63, 3.8) is 0 Å². The van der Waals surface area contributed by atoms with Crippen molar-refractivity contribution in [3.05, 3.63) is 12.2 Å². The Kier molecular flexibility index (Phi) is 6.96. The van der Waals surface area contributed by atoms with Gasteiger partial charge in [-0.2, -0.15) is 5.10 Å². The van der Waals surface area contributed by atoms with E-state index in [0.29, 0.717) is 26.1 Å². The Bertz CT molecular complexity index is 458. The third-order valence-electron chi connectivity index (χ3n) is 2.73. The van der Waals surface area contributed by atoms with Gasteiger partial charge in [0.1, 0.15) is 22.0 Å². The molecule has 1 heterocycles. The average Bonchev–Trinajstić information content (AvgIpc) is 2.82. The van der Waals surface area contributed by atoms with Gasteiger partial charge in [-0.25, -0.2) is 18.1 Å². The second-order valence-electron chi connectivity index (χ2n) is 4.16. The van der Waals surface area contributed by atoms with Gasteiger partial charge in [0.15, 0.2) is 0 Å². The Balaban J connectivity index is 2.36. The summed E-state index contributed by atoms with van der Waals surface area (Å²) in [6.07, 6.45) is 2.05. The lowest BCUT2D eigenvalue weighted by molar-refractivity contribution is 0.198. The molecule has 19 heavy (non-hydrogen) atoms. The maximum absolute atomic E-state index is 11.4. The number of nitrogens with zero attached hydrogens (tertiary/aromatic N) is 3. The van der Waals surface area contributed by atoms with Crippen molar-refractivity contribution >= 4 is 9.84 Å². The molecule has 0 spiro atoms. The molecule has 1 aromatic heterocycles. The van der Waals surface area contributed by atoms with Crippen LogP contribution in [0.4, 0.5) is 0 Å². The first-order chi connectivity index (χ1) is 9.09. The standard InChI is InChI=1S/C11H22N4O3S/c1-3-19(16,17)8-4-6-15-11(13-10-14-15)9-12-5-7-18-2/h10,12H,3-9H2,1-2H3. The third kappa shape index (κ3) is 6.13. The number of ether oxygens (including phenoxy) is 1. The van der Waals surface area contributed by atoms with Crippen molar-refractivity contribution in [1.29, 1.82) is 0 Å². The lowest BCUT2D eigenvalue weighted by Gasteiger charge is -2.07. The van der Waals surface area contributed by atoms with Gasteiger partial charge in [0.25, 0.3) is 0 Å². The van der Waals surface area contributed by atoms with E-state index in [1.54, 1.807) is 18.7 Å². The largest absolute Gasteiger partial charge is 0.383 e. The van der Waals surface area contributed by atoms with Crippen molar-refractivity contribution in [2.24, 2.45) is 0 Å². The quantitative estimate of drug-likeness (QED) is 0.603. The van der Waals surface area contributed by atoms with Gasteiger partial charge >= 0.3 is 0 Å². The molecule has 1 N–H and O–H groups in total. The number of hydrogen-bond acceptors (Lipinski definition) is 6. The predicted octanol–water partition coefficient (Wildman–Crippen LogP) is -0.161. The fraction of sp³-hybridized carbons (Fsp3) is 0.818. The summed E-state index contributed by atoms with van der Waals surface area (Å²) in [4.78, 5) is 4.15. The lowest BCUT2D eigenvalue weighted by atomic mass is 10.4. The first kappa shape index (κ1) is 16.1. The van der Waals surface area contributed by atoms with E-state index in [9.17, 15) is 8.42 Å². The molecular weight excluding hydrogens is 268 g/mol. The maximum Gasteiger partial charge on any atom is 0.150 e. The average molecular weight is 290 g/mol. The van der Waals surface area contributed by atoms with Crippen LogP contribution in [0, 0.1) is 0 Å². The summed E-state index contributed by atoms with van der Waals surface area (Å²) in [7, 11) is -1.25.